The number of nitro groups is 1. The van der Waals surface area contributed by atoms with Gasteiger partial charge in [-0.3, -0.25) is 14.9 Å². The van der Waals surface area contributed by atoms with Crippen molar-refractivity contribution < 1.29 is 19.6 Å². The van der Waals surface area contributed by atoms with Crippen molar-refractivity contribution in [1.29, 1.82) is 0 Å². The summed E-state index contributed by atoms with van der Waals surface area (Å²) >= 11 is 1.52. The molecule has 0 spiro atoms. The van der Waals surface area contributed by atoms with Crippen molar-refractivity contribution in [3.8, 4) is 11.1 Å². The van der Waals surface area contributed by atoms with Crippen LogP contribution in [0.3, 0.4) is 0 Å². The molecule has 1 amide bonds. The van der Waals surface area contributed by atoms with E-state index in [1.165, 1.54) is 17.8 Å². The fraction of sp³-hybridized carbons (Fsp3) is 0.212. The van der Waals surface area contributed by atoms with Crippen LogP contribution in [0.15, 0.2) is 97.1 Å². The molecule has 10 heteroatoms. The molecule has 4 aromatic carbocycles. The molecule has 0 aromatic heterocycles. The Labute approximate surface area is 267 Å². The molecule has 8 nitrogen and oxygen atoms in total. The van der Waals surface area contributed by atoms with Gasteiger partial charge < -0.3 is 15.3 Å². The van der Waals surface area contributed by atoms with Gasteiger partial charge in [-0.1, -0.05) is 66.7 Å². The summed E-state index contributed by atoms with van der Waals surface area (Å²) in [4.78, 5) is 38.5. The predicted octanol–water partition coefficient (Wildman–Crippen LogP) is 6.06. The number of nitrogens with one attached hydrogen (secondary N) is 1. The van der Waals surface area contributed by atoms with E-state index < -0.39 is 22.8 Å². The van der Waals surface area contributed by atoms with Crippen LogP contribution in [-0.2, 0) is 17.9 Å². The van der Waals surface area contributed by atoms with E-state index in [1.807, 2.05) is 86.0 Å². The fourth-order valence-corrected chi connectivity index (χ4v) is 5.25. The van der Waals surface area contributed by atoms with Crippen molar-refractivity contribution in [2.24, 2.45) is 0 Å². The number of nitrogens with zero attached hydrogens (tertiary/aromatic N) is 2. The Kier molecular flexibility index (Phi) is 12.4. The van der Waals surface area contributed by atoms with Crippen LogP contribution in [-0.4, -0.2) is 58.8 Å². The Morgan fingerprint density at radius 3 is 2.28 bits per heavy atom. The second kappa shape index (κ2) is 16.0. The summed E-state index contributed by atoms with van der Waals surface area (Å²) in [6.45, 7) is 2.90. The zero-order chi connectivity index (χ0) is 30.1. The van der Waals surface area contributed by atoms with Gasteiger partial charge in [0.25, 0.3) is 11.6 Å². The van der Waals surface area contributed by atoms with E-state index in [0.29, 0.717) is 42.1 Å². The van der Waals surface area contributed by atoms with Gasteiger partial charge >= 0.3 is 24.8 Å². The number of non-ortho nitro benzene ring substituents is 1. The number of carbonyl (C=O) groups is 2. The Morgan fingerprint density at radius 1 is 0.907 bits per heavy atom. The fourth-order valence-electron chi connectivity index (χ4n) is 4.78. The first-order valence-electron chi connectivity index (χ1n) is 13.5. The topological polar surface area (TPSA) is 113 Å². The van der Waals surface area contributed by atoms with Gasteiger partial charge in [0.05, 0.1) is 4.92 Å². The normalized spacial score (nSPS) is 11.2. The third-order valence-corrected chi connectivity index (χ3v) is 7.62. The van der Waals surface area contributed by atoms with E-state index in [1.54, 1.807) is 18.2 Å². The van der Waals surface area contributed by atoms with Crippen molar-refractivity contribution in [1.82, 2.24) is 5.32 Å². The van der Waals surface area contributed by atoms with Crippen LogP contribution in [0.1, 0.15) is 33.5 Å². The maximum atomic E-state index is 13.5. The molecule has 0 heterocycles. The Balaban J connectivity index is 0.00000506. The van der Waals surface area contributed by atoms with Gasteiger partial charge in [0, 0.05) is 36.5 Å². The molecule has 4 rings (SSSR count). The number of carboxylic acids is 1. The zero-order valence-electron chi connectivity index (χ0n) is 23.5. The first-order chi connectivity index (χ1) is 20.3. The van der Waals surface area contributed by atoms with Crippen LogP contribution in [0.4, 0.5) is 11.4 Å². The Hall–Kier alpha value is -4.03. The van der Waals surface area contributed by atoms with Crippen molar-refractivity contribution in [2.75, 3.05) is 16.9 Å². The van der Waals surface area contributed by atoms with Crippen LogP contribution >= 0.6 is 11.8 Å². The van der Waals surface area contributed by atoms with Gasteiger partial charge in [-0.05, 0) is 71.4 Å². The van der Waals surface area contributed by atoms with Gasteiger partial charge in [0.1, 0.15) is 6.04 Å². The summed E-state index contributed by atoms with van der Waals surface area (Å²) < 4.78 is 0. The number of thioether (sulfide) groups is 1. The number of carboxylic acid groups (broad SMARTS) is 1. The monoisotopic (exact) mass is 591 g/mol. The number of rotatable bonds is 13. The molecule has 0 bridgehead atoms. The SMILES string of the molecule is CSCC[C@H](NC(=O)c1ccc(CN(Cc2ccccc2)c2cccc([N+](=O)[O-])c2)cc1-c1ccccc1C)C(=O)O.[LiH]. The standard InChI is InChI=1S/C33H33N3O5S.Li.H/c1-23-9-6-7-14-28(23)30-19-25(15-16-29(30)32(37)34-31(33(38)39)17-18-42-2)22-35(21-24-10-4-3-5-11-24)26-12-8-13-27(20-26)36(40)41;;/h3-16,19-20,31H,17-18,21-22H2,1-2H3,(H,34,37)(H,38,39);;/t31-;;/m0../s1. The van der Waals surface area contributed by atoms with E-state index in [-0.39, 0.29) is 24.5 Å². The van der Waals surface area contributed by atoms with E-state index >= 15 is 0 Å². The molecule has 218 valence electrons. The second-order valence-corrected chi connectivity index (χ2v) is 10.9. The molecule has 0 unspecified atom stereocenters. The number of amides is 1. The van der Waals surface area contributed by atoms with Crippen molar-refractivity contribution in [3.05, 3.63) is 129 Å². The molecule has 43 heavy (non-hydrogen) atoms. The molecule has 0 fully saturated rings. The van der Waals surface area contributed by atoms with Crippen molar-refractivity contribution >= 4 is 53.9 Å². The molecular formula is C33H34LiN3O5S. The summed E-state index contributed by atoms with van der Waals surface area (Å²) in [5.74, 6) is -0.913. The predicted molar refractivity (Wildman–Crippen MR) is 175 cm³/mol. The van der Waals surface area contributed by atoms with Crippen LogP contribution in [0.25, 0.3) is 11.1 Å². The summed E-state index contributed by atoms with van der Waals surface area (Å²) in [7, 11) is 0. The van der Waals surface area contributed by atoms with Crippen molar-refractivity contribution in [2.45, 2.75) is 32.5 Å². The quantitative estimate of drug-likeness (QED) is 0.110. The second-order valence-electron chi connectivity index (χ2n) is 9.96. The number of benzene rings is 4. The maximum absolute atomic E-state index is 13.5. The summed E-state index contributed by atoms with van der Waals surface area (Å²) in [6.07, 6.45) is 2.21. The minimum atomic E-state index is -1.07. The molecule has 0 aliphatic carbocycles. The molecule has 0 saturated carbocycles. The Morgan fingerprint density at radius 2 is 1.60 bits per heavy atom. The van der Waals surface area contributed by atoms with Gasteiger partial charge in [-0.15, -0.1) is 0 Å². The molecule has 0 radical (unpaired) electrons. The molecular weight excluding hydrogens is 557 g/mol. The van der Waals surface area contributed by atoms with Gasteiger partial charge in [0.2, 0.25) is 0 Å². The van der Waals surface area contributed by atoms with Gasteiger partial charge in [0.15, 0.2) is 0 Å². The van der Waals surface area contributed by atoms with Crippen LogP contribution in [0, 0.1) is 17.0 Å². The summed E-state index contributed by atoms with van der Waals surface area (Å²) in [5, 5.41) is 23.9. The van der Waals surface area contributed by atoms with Gasteiger partial charge in [-0.25, -0.2) is 4.79 Å². The number of hydrogen-bond acceptors (Lipinski definition) is 6. The first kappa shape index (κ1) is 33.5. The summed E-state index contributed by atoms with van der Waals surface area (Å²) in [6, 6.07) is 28.7. The summed E-state index contributed by atoms with van der Waals surface area (Å²) in [5.41, 5.74) is 5.56. The molecule has 0 aliphatic rings. The van der Waals surface area contributed by atoms with Gasteiger partial charge in [-0.2, -0.15) is 11.8 Å². The van der Waals surface area contributed by atoms with E-state index in [9.17, 15) is 24.8 Å². The van der Waals surface area contributed by atoms with Crippen molar-refractivity contribution in [3.63, 3.8) is 0 Å². The Bertz CT molecular complexity index is 1570. The van der Waals surface area contributed by atoms with Crippen LogP contribution < -0.4 is 10.2 Å². The third-order valence-electron chi connectivity index (χ3n) is 6.97. The number of aliphatic carboxylic acids is 1. The molecule has 2 N–H and O–H groups in total. The third kappa shape index (κ3) is 8.98. The number of anilines is 1. The average molecular weight is 592 g/mol. The number of hydrogen-bond donors (Lipinski definition) is 2. The zero-order valence-corrected chi connectivity index (χ0v) is 24.3. The average Bonchev–Trinajstić information content (AvgIpc) is 2.99. The minimum absolute atomic E-state index is 0. The van der Waals surface area contributed by atoms with Crippen LogP contribution in [0.5, 0.6) is 0 Å². The molecule has 4 aromatic rings. The van der Waals surface area contributed by atoms with E-state index in [0.717, 1.165) is 22.3 Å². The molecule has 1 atom stereocenters. The number of nitro benzene ring substituents is 1. The van der Waals surface area contributed by atoms with E-state index in [2.05, 4.69) is 10.2 Å². The van der Waals surface area contributed by atoms with E-state index in [4.69, 9.17) is 0 Å². The van der Waals surface area contributed by atoms with Crippen LogP contribution in [0.2, 0.25) is 0 Å². The number of carbonyl (C=O) groups excluding carboxylic acids is 1. The molecule has 0 saturated heterocycles. The molecule has 0 aliphatic heterocycles. The number of aryl methyl sites for hydroxylation is 1. The first-order valence-corrected chi connectivity index (χ1v) is 14.9.